The van der Waals surface area contributed by atoms with Gasteiger partial charge in [0.2, 0.25) is 0 Å². The largest absolute Gasteiger partial charge is 0.380 e. The van der Waals surface area contributed by atoms with Gasteiger partial charge in [0.1, 0.15) is 0 Å². The smallest absolute Gasteiger partial charge is 0.0736 e. The van der Waals surface area contributed by atoms with E-state index < -0.39 is 0 Å². The van der Waals surface area contributed by atoms with Gasteiger partial charge in [-0.25, -0.2) is 0 Å². The SMILES string of the molecule is CC1COCCc2csc(Br)c21. The lowest BCUT2D eigenvalue weighted by molar-refractivity contribution is 0.133. The van der Waals surface area contributed by atoms with Gasteiger partial charge in [0.05, 0.1) is 17.0 Å². The lowest BCUT2D eigenvalue weighted by atomic mass is 10.0. The van der Waals surface area contributed by atoms with Gasteiger partial charge < -0.3 is 4.74 Å². The Morgan fingerprint density at radius 1 is 1.67 bits per heavy atom. The molecule has 0 aromatic carbocycles. The first-order chi connectivity index (χ1) is 5.79. The Bertz CT molecular complexity index is 282. The van der Waals surface area contributed by atoms with Crippen molar-refractivity contribution in [1.82, 2.24) is 0 Å². The van der Waals surface area contributed by atoms with Crippen LogP contribution >= 0.6 is 27.3 Å². The molecule has 0 bridgehead atoms. The third-order valence-corrected chi connectivity index (χ3v) is 4.06. The lowest BCUT2D eigenvalue weighted by Crippen LogP contribution is -2.00. The van der Waals surface area contributed by atoms with Crippen LogP contribution < -0.4 is 0 Å². The van der Waals surface area contributed by atoms with Crippen LogP contribution in [0, 0.1) is 0 Å². The molecule has 2 rings (SSSR count). The second-order valence-corrected chi connectivity index (χ2v) is 5.37. The van der Waals surface area contributed by atoms with Gasteiger partial charge in [0.15, 0.2) is 0 Å². The quantitative estimate of drug-likeness (QED) is 0.684. The van der Waals surface area contributed by atoms with Crippen molar-refractivity contribution >= 4 is 27.3 Å². The van der Waals surface area contributed by atoms with Crippen LogP contribution in [0.4, 0.5) is 0 Å². The van der Waals surface area contributed by atoms with Crippen LogP contribution in [0.15, 0.2) is 9.17 Å². The summed E-state index contributed by atoms with van der Waals surface area (Å²) in [6.07, 6.45) is 1.07. The molecule has 1 aliphatic rings. The van der Waals surface area contributed by atoms with Gasteiger partial charge >= 0.3 is 0 Å². The van der Waals surface area contributed by atoms with E-state index in [9.17, 15) is 0 Å². The molecule has 1 aromatic heterocycles. The molecule has 0 amide bonds. The van der Waals surface area contributed by atoms with Crippen LogP contribution in [0.1, 0.15) is 24.0 Å². The number of ether oxygens (including phenoxy) is 1. The van der Waals surface area contributed by atoms with Crippen LogP contribution in [-0.4, -0.2) is 13.2 Å². The molecule has 12 heavy (non-hydrogen) atoms. The number of thiophene rings is 1. The minimum atomic E-state index is 0.545. The zero-order chi connectivity index (χ0) is 8.55. The topological polar surface area (TPSA) is 9.23 Å². The van der Waals surface area contributed by atoms with Crippen LogP contribution in [0.3, 0.4) is 0 Å². The van der Waals surface area contributed by atoms with Crippen molar-refractivity contribution in [2.75, 3.05) is 13.2 Å². The average molecular weight is 247 g/mol. The third-order valence-electron chi connectivity index (χ3n) is 2.24. The highest BCUT2D eigenvalue weighted by atomic mass is 79.9. The molecule has 66 valence electrons. The number of rotatable bonds is 0. The normalized spacial score (nSPS) is 23.3. The van der Waals surface area contributed by atoms with Gasteiger partial charge in [-0.3, -0.25) is 0 Å². The summed E-state index contributed by atoms with van der Waals surface area (Å²) in [6.45, 7) is 3.96. The van der Waals surface area contributed by atoms with E-state index in [0.29, 0.717) is 5.92 Å². The average Bonchev–Trinajstić information content (AvgIpc) is 2.29. The molecular formula is C9H11BrOS. The summed E-state index contributed by atoms with van der Waals surface area (Å²) >= 11 is 5.38. The molecule has 0 N–H and O–H groups in total. The Morgan fingerprint density at radius 3 is 3.33 bits per heavy atom. The predicted octanol–water partition coefficient (Wildman–Crippen LogP) is 3.19. The summed E-state index contributed by atoms with van der Waals surface area (Å²) in [6, 6.07) is 0. The van der Waals surface area contributed by atoms with Crippen LogP contribution in [0.2, 0.25) is 0 Å². The van der Waals surface area contributed by atoms with Crippen LogP contribution in [0.25, 0.3) is 0 Å². The Hall–Kier alpha value is 0.140. The maximum absolute atomic E-state index is 5.49. The summed E-state index contributed by atoms with van der Waals surface area (Å²) in [4.78, 5) is 0. The van der Waals surface area contributed by atoms with Crippen molar-refractivity contribution in [2.45, 2.75) is 19.3 Å². The molecule has 0 aliphatic carbocycles. The molecular weight excluding hydrogens is 236 g/mol. The van der Waals surface area contributed by atoms with E-state index in [0.717, 1.165) is 19.6 Å². The second kappa shape index (κ2) is 3.48. The highest BCUT2D eigenvalue weighted by Crippen LogP contribution is 2.35. The van der Waals surface area contributed by atoms with E-state index in [-0.39, 0.29) is 0 Å². The third kappa shape index (κ3) is 1.45. The zero-order valence-corrected chi connectivity index (χ0v) is 9.37. The highest BCUT2D eigenvalue weighted by Gasteiger charge is 2.19. The van der Waals surface area contributed by atoms with Gasteiger partial charge in [-0.15, -0.1) is 11.3 Å². The second-order valence-electron chi connectivity index (χ2n) is 3.17. The molecule has 2 heterocycles. The molecule has 3 heteroatoms. The van der Waals surface area contributed by atoms with Gasteiger partial charge in [0, 0.05) is 5.92 Å². The Morgan fingerprint density at radius 2 is 2.50 bits per heavy atom. The Kier molecular flexibility index (Phi) is 2.53. The molecule has 1 atom stereocenters. The van der Waals surface area contributed by atoms with E-state index in [1.165, 1.54) is 14.9 Å². The molecule has 0 saturated carbocycles. The van der Waals surface area contributed by atoms with E-state index >= 15 is 0 Å². The number of fused-ring (bicyclic) bond motifs is 1. The molecule has 0 fully saturated rings. The van der Waals surface area contributed by atoms with E-state index in [4.69, 9.17) is 4.74 Å². The van der Waals surface area contributed by atoms with E-state index in [1.54, 1.807) is 11.3 Å². The summed E-state index contributed by atoms with van der Waals surface area (Å²) in [5.41, 5.74) is 2.94. The van der Waals surface area contributed by atoms with Gasteiger partial charge in [-0.2, -0.15) is 0 Å². The van der Waals surface area contributed by atoms with Crippen molar-refractivity contribution in [3.8, 4) is 0 Å². The number of hydrogen-bond acceptors (Lipinski definition) is 2. The maximum atomic E-state index is 5.49. The van der Waals surface area contributed by atoms with Crippen LogP contribution in [-0.2, 0) is 11.2 Å². The predicted molar refractivity (Wildman–Crippen MR) is 55.0 cm³/mol. The van der Waals surface area contributed by atoms with Crippen molar-refractivity contribution in [1.29, 1.82) is 0 Å². The monoisotopic (exact) mass is 246 g/mol. The lowest BCUT2D eigenvalue weighted by Gasteiger charge is -2.08. The van der Waals surface area contributed by atoms with E-state index in [2.05, 4.69) is 28.2 Å². The fourth-order valence-corrected chi connectivity index (χ4v) is 3.48. The minimum Gasteiger partial charge on any atom is -0.380 e. The summed E-state index contributed by atoms with van der Waals surface area (Å²) in [5, 5.41) is 2.24. The Labute approximate surface area is 84.9 Å². The van der Waals surface area contributed by atoms with Gasteiger partial charge in [0.25, 0.3) is 0 Å². The fraction of sp³-hybridized carbons (Fsp3) is 0.556. The van der Waals surface area contributed by atoms with Gasteiger partial charge in [-0.1, -0.05) is 6.92 Å². The van der Waals surface area contributed by atoms with Crippen molar-refractivity contribution in [3.05, 3.63) is 20.3 Å². The van der Waals surface area contributed by atoms with Crippen molar-refractivity contribution in [2.24, 2.45) is 0 Å². The molecule has 0 radical (unpaired) electrons. The fourth-order valence-electron chi connectivity index (χ4n) is 1.61. The maximum Gasteiger partial charge on any atom is 0.0736 e. The van der Waals surface area contributed by atoms with Crippen molar-refractivity contribution < 1.29 is 4.74 Å². The summed E-state index contributed by atoms with van der Waals surface area (Å²) in [7, 11) is 0. The number of hydrogen-bond donors (Lipinski definition) is 0. The molecule has 0 saturated heterocycles. The minimum absolute atomic E-state index is 0.545. The molecule has 1 aromatic rings. The molecule has 1 aliphatic heterocycles. The first-order valence-electron chi connectivity index (χ1n) is 4.12. The van der Waals surface area contributed by atoms with Crippen LogP contribution in [0.5, 0.6) is 0 Å². The first-order valence-corrected chi connectivity index (χ1v) is 5.80. The summed E-state index contributed by atoms with van der Waals surface area (Å²) in [5.74, 6) is 0.545. The van der Waals surface area contributed by atoms with Gasteiger partial charge in [-0.05, 0) is 38.9 Å². The standard InChI is InChI=1S/C9H11BrOS/c1-6-4-11-3-2-7-5-12-9(10)8(6)7/h5-6H,2-4H2,1H3. The molecule has 1 unspecified atom stereocenters. The molecule has 1 nitrogen and oxygen atoms in total. The zero-order valence-electron chi connectivity index (χ0n) is 6.97. The highest BCUT2D eigenvalue weighted by molar-refractivity contribution is 9.11. The molecule has 0 spiro atoms. The number of halogens is 1. The van der Waals surface area contributed by atoms with E-state index in [1.807, 2.05) is 0 Å². The Balaban J connectivity index is 2.42. The van der Waals surface area contributed by atoms with Crippen molar-refractivity contribution in [3.63, 3.8) is 0 Å². The first kappa shape index (κ1) is 8.73. The summed E-state index contributed by atoms with van der Waals surface area (Å²) < 4.78 is 6.77.